The number of thiophene rings is 1. The molecule has 0 unspecified atom stereocenters. The van der Waals surface area contributed by atoms with Gasteiger partial charge < -0.3 is 9.47 Å². The van der Waals surface area contributed by atoms with E-state index in [2.05, 4.69) is 12.6 Å². The highest BCUT2D eigenvalue weighted by Gasteiger charge is 2.11. The van der Waals surface area contributed by atoms with Gasteiger partial charge >= 0.3 is 0 Å². The van der Waals surface area contributed by atoms with E-state index in [1.54, 1.807) is 25.6 Å². The first-order chi connectivity index (χ1) is 6.77. The summed E-state index contributed by atoms with van der Waals surface area (Å²) in [5, 5.41) is 3.01. The van der Waals surface area contributed by atoms with E-state index >= 15 is 0 Å². The maximum atomic E-state index is 5.27. The van der Waals surface area contributed by atoms with Crippen LogP contribution in [0.5, 0.6) is 11.5 Å². The molecule has 0 aliphatic carbocycles. The lowest BCUT2D eigenvalue weighted by molar-refractivity contribution is 0.410. The first kappa shape index (κ1) is 9.68. The van der Waals surface area contributed by atoms with Gasteiger partial charge in [0.05, 0.1) is 24.3 Å². The fourth-order valence-corrected chi connectivity index (χ4v) is 2.81. The molecule has 1 heterocycles. The zero-order valence-corrected chi connectivity index (χ0v) is 9.61. The number of hydrogen-bond donors (Lipinski definition) is 1. The topological polar surface area (TPSA) is 18.5 Å². The third-order valence-electron chi connectivity index (χ3n) is 2.07. The summed E-state index contributed by atoms with van der Waals surface area (Å²) in [6.07, 6.45) is 0. The van der Waals surface area contributed by atoms with Gasteiger partial charge in [-0.1, -0.05) is 0 Å². The molecule has 0 radical (unpaired) electrons. The zero-order chi connectivity index (χ0) is 10.1. The highest BCUT2D eigenvalue weighted by molar-refractivity contribution is 7.80. The van der Waals surface area contributed by atoms with Crippen LogP contribution in [-0.2, 0) is 0 Å². The number of thiol groups is 1. The van der Waals surface area contributed by atoms with E-state index in [0.29, 0.717) is 0 Å². The van der Waals surface area contributed by atoms with Crippen molar-refractivity contribution in [1.29, 1.82) is 0 Å². The van der Waals surface area contributed by atoms with E-state index in [1.807, 2.05) is 17.5 Å². The smallest absolute Gasteiger partial charge is 0.136 e. The van der Waals surface area contributed by atoms with Crippen molar-refractivity contribution in [3.05, 3.63) is 17.5 Å². The van der Waals surface area contributed by atoms with Crippen LogP contribution in [0.15, 0.2) is 22.4 Å². The molecule has 1 aromatic carbocycles. The summed E-state index contributed by atoms with van der Waals surface area (Å²) < 4.78 is 11.6. The van der Waals surface area contributed by atoms with Crippen molar-refractivity contribution < 1.29 is 9.47 Å². The lowest BCUT2D eigenvalue weighted by Gasteiger charge is -2.06. The summed E-state index contributed by atoms with van der Waals surface area (Å²) in [4.78, 5) is 0.931. The summed E-state index contributed by atoms with van der Waals surface area (Å²) >= 11 is 6.00. The Morgan fingerprint density at radius 2 is 1.79 bits per heavy atom. The van der Waals surface area contributed by atoms with Crippen molar-refractivity contribution in [1.82, 2.24) is 0 Å². The molecule has 0 amide bonds. The van der Waals surface area contributed by atoms with E-state index in [-0.39, 0.29) is 0 Å². The fourth-order valence-electron chi connectivity index (χ4n) is 1.41. The van der Waals surface area contributed by atoms with Gasteiger partial charge in [0.1, 0.15) is 11.5 Å². The van der Waals surface area contributed by atoms with Gasteiger partial charge in [0.25, 0.3) is 0 Å². The minimum atomic E-state index is 0.840. The Balaban J connectivity index is 2.81. The molecule has 2 rings (SSSR count). The minimum absolute atomic E-state index is 0.840. The predicted octanol–water partition coefficient (Wildman–Crippen LogP) is 3.21. The van der Waals surface area contributed by atoms with Gasteiger partial charge in [-0.3, -0.25) is 0 Å². The lowest BCUT2D eigenvalue weighted by atomic mass is 10.2. The number of benzene rings is 1. The first-order valence-corrected chi connectivity index (χ1v) is 5.41. The summed E-state index contributed by atoms with van der Waals surface area (Å²) in [5.41, 5.74) is 0. The van der Waals surface area contributed by atoms with E-state index in [4.69, 9.17) is 9.47 Å². The molecule has 0 fully saturated rings. The van der Waals surface area contributed by atoms with Crippen molar-refractivity contribution in [2.75, 3.05) is 14.2 Å². The SMILES string of the molecule is COc1ccc(OC)c2c(S)csc12. The first-order valence-electron chi connectivity index (χ1n) is 4.09. The molecule has 0 aliphatic rings. The zero-order valence-electron chi connectivity index (χ0n) is 7.90. The van der Waals surface area contributed by atoms with Crippen LogP contribution in [-0.4, -0.2) is 14.2 Å². The average Bonchev–Trinajstić information content (AvgIpc) is 2.60. The van der Waals surface area contributed by atoms with Gasteiger partial charge in [0, 0.05) is 10.3 Å². The highest BCUT2D eigenvalue weighted by atomic mass is 32.1. The monoisotopic (exact) mass is 226 g/mol. The van der Waals surface area contributed by atoms with Crippen LogP contribution in [0.2, 0.25) is 0 Å². The molecule has 14 heavy (non-hydrogen) atoms. The number of ether oxygens (including phenoxy) is 2. The Morgan fingerprint density at radius 3 is 2.43 bits per heavy atom. The third-order valence-corrected chi connectivity index (χ3v) is 3.59. The summed E-state index contributed by atoms with van der Waals surface area (Å²) in [6, 6.07) is 3.80. The van der Waals surface area contributed by atoms with Crippen LogP contribution in [0.3, 0.4) is 0 Å². The van der Waals surface area contributed by atoms with Crippen molar-refractivity contribution in [3.8, 4) is 11.5 Å². The molecule has 1 aromatic heterocycles. The second-order valence-corrected chi connectivity index (χ2v) is 4.16. The molecule has 74 valence electrons. The van der Waals surface area contributed by atoms with Crippen LogP contribution in [0.4, 0.5) is 0 Å². The van der Waals surface area contributed by atoms with Gasteiger partial charge in [-0.15, -0.1) is 24.0 Å². The fraction of sp³-hybridized carbons (Fsp3) is 0.200. The van der Waals surface area contributed by atoms with E-state index in [1.165, 1.54) is 0 Å². The Bertz CT molecular complexity index is 462. The van der Waals surface area contributed by atoms with Crippen LogP contribution in [0.1, 0.15) is 0 Å². The third kappa shape index (κ3) is 1.35. The number of fused-ring (bicyclic) bond motifs is 1. The Labute approximate surface area is 91.9 Å². The molecule has 4 heteroatoms. The summed E-state index contributed by atoms with van der Waals surface area (Å²) in [6.45, 7) is 0. The second kappa shape index (κ2) is 3.71. The number of hydrogen-bond acceptors (Lipinski definition) is 4. The standard InChI is InChI=1S/C10H10O2S2/c1-11-6-3-4-7(12-2)10-9(6)8(13)5-14-10/h3-5,13H,1-2H3. The van der Waals surface area contributed by atoms with Crippen LogP contribution in [0, 0.1) is 0 Å². The van der Waals surface area contributed by atoms with Gasteiger partial charge in [0.2, 0.25) is 0 Å². The van der Waals surface area contributed by atoms with E-state index in [9.17, 15) is 0 Å². The maximum absolute atomic E-state index is 5.27. The molecule has 0 bridgehead atoms. The molecule has 0 aliphatic heterocycles. The molecule has 2 nitrogen and oxygen atoms in total. The van der Waals surface area contributed by atoms with Gasteiger partial charge in [-0.05, 0) is 12.1 Å². The van der Waals surface area contributed by atoms with Crippen molar-refractivity contribution in [3.63, 3.8) is 0 Å². The van der Waals surface area contributed by atoms with Gasteiger partial charge in [-0.2, -0.15) is 0 Å². The predicted molar refractivity (Wildman–Crippen MR) is 62.2 cm³/mol. The molecule has 0 atom stereocenters. The van der Waals surface area contributed by atoms with Crippen molar-refractivity contribution in [2.24, 2.45) is 0 Å². The van der Waals surface area contributed by atoms with Crippen LogP contribution < -0.4 is 9.47 Å². The Hall–Kier alpha value is -0.870. The van der Waals surface area contributed by atoms with Gasteiger partial charge in [-0.25, -0.2) is 0 Å². The molecule has 2 aromatic rings. The lowest BCUT2D eigenvalue weighted by Crippen LogP contribution is -1.86. The molecule has 0 N–H and O–H groups in total. The van der Waals surface area contributed by atoms with Crippen LogP contribution in [0.25, 0.3) is 10.1 Å². The Morgan fingerprint density at radius 1 is 1.14 bits per heavy atom. The molecular weight excluding hydrogens is 216 g/mol. The quantitative estimate of drug-likeness (QED) is 0.793. The molecule has 0 spiro atoms. The van der Waals surface area contributed by atoms with E-state index in [0.717, 1.165) is 26.5 Å². The summed E-state index contributed by atoms with van der Waals surface area (Å²) in [7, 11) is 3.32. The van der Waals surface area contributed by atoms with Crippen LogP contribution >= 0.6 is 24.0 Å². The molecule has 0 saturated carbocycles. The minimum Gasteiger partial charge on any atom is -0.496 e. The van der Waals surface area contributed by atoms with Crippen molar-refractivity contribution >= 4 is 34.1 Å². The van der Waals surface area contributed by atoms with E-state index < -0.39 is 0 Å². The summed E-state index contributed by atoms with van der Waals surface area (Å²) in [5.74, 6) is 1.71. The molecular formula is C10H10O2S2. The average molecular weight is 226 g/mol. The number of methoxy groups -OCH3 is 2. The second-order valence-electron chi connectivity index (χ2n) is 2.80. The number of rotatable bonds is 2. The van der Waals surface area contributed by atoms with Gasteiger partial charge in [0.15, 0.2) is 0 Å². The maximum Gasteiger partial charge on any atom is 0.136 e. The Kier molecular flexibility index (Phi) is 2.56. The van der Waals surface area contributed by atoms with Crippen molar-refractivity contribution in [2.45, 2.75) is 4.90 Å². The molecule has 0 saturated heterocycles. The normalized spacial score (nSPS) is 10.5. The highest BCUT2D eigenvalue weighted by Crippen LogP contribution is 2.41. The largest absolute Gasteiger partial charge is 0.496 e.